The molecular formula is C14H23ClN2. The fourth-order valence-corrected chi connectivity index (χ4v) is 1.97. The highest BCUT2D eigenvalue weighted by Gasteiger charge is 2.08. The maximum Gasteiger partial charge on any atom is 0.0426 e. The Morgan fingerprint density at radius 3 is 2.65 bits per heavy atom. The summed E-state index contributed by atoms with van der Waals surface area (Å²) in [5.41, 5.74) is 2.52. The number of halogens is 1. The van der Waals surface area contributed by atoms with Gasteiger partial charge in [0.2, 0.25) is 0 Å². The molecule has 0 aromatic heterocycles. The molecular weight excluding hydrogens is 232 g/mol. The van der Waals surface area contributed by atoms with E-state index in [1.54, 1.807) is 0 Å². The van der Waals surface area contributed by atoms with Gasteiger partial charge >= 0.3 is 0 Å². The van der Waals surface area contributed by atoms with Crippen LogP contribution in [0.4, 0.5) is 5.69 Å². The molecule has 0 saturated carbocycles. The summed E-state index contributed by atoms with van der Waals surface area (Å²) in [7, 11) is 4.10. The Morgan fingerprint density at radius 1 is 1.35 bits per heavy atom. The molecule has 0 fully saturated rings. The van der Waals surface area contributed by atoms with Crippen LogP contribution < -0.4 is 10.2 Å². The Bertz CT molecular complexity index is 350. The zero-order chi connectivity index (χ0) is 12.8. The molecule has 0 saturated heterocycles. The molecule has 0 aliphatic heterocycles. The lowest BCUT2D eigenvalue weighted by Crippen LogP contribution is -2.22. The summed E-state index contributed by atoms with van der Waals surface area (Å²) in [6.07, 6.45) is 1.20. The van der Waals surface area contributed by atoms with Gasteiger partial charge < -0.3 is 10.2 Å². The average molecular weight is 255 g/mol. The van der Waals surface area contributed by atoms with Crippen LogP contribution in [0.5, 0.6) is 0 Å². The zero-order valence-electron chi connectivity index (χ0n) is 11.3. The first-order chi connectivity index (χ1) is 8.04. The molecule has 0 unspecified atom stereocenters. The second kappa shape index (κ2) is 6.87. The number of hydrogen-bond acceptors (Lipinski definition) is 2. The van der Waals surface area contributed by atoms with E-state index >= 15 is 0 Å². The molecule has 0 amide bonds. The van der Waals surface area contributed by atoms with E-state index in [0.29, 0.717) is 0 Å². The van der Waals surface area contributed by atoms with Gasteiger partial charge in [-0.05, 0) is 37.1 Å². The van der Waals surface area contributed by atoms with Crippen LogP contribution in [-0.4, -0.2) is 20.6 Å². The third-order valence-corrected chi connectivity index (χ3v) is 3.10. The third-order valence-electron chi connectivity index (χ3n) is 2.87. The number of anilines is 1. The topological polar surface area (TPSA) is 15.3 Å². The molecule has 1 aromatic carbocycles. The standard InChI is InChI=1S/C14H23ClN2/c1-11(2)7-8-17(4)14-9-13(15)6-5-12(14)10-16-3/h5-6,9,11,16H,7-8,10H2,1-4H3. The first-order valence-electron chi connectivity index (χ1n) is 6.18. The van der Waals surface area contributed by atoms with Crippen LogP contribution in [0.15, 0.2) is 18.2 Å². The summed E-state index contributed by atoms with van der Waals surface area (Å²) in [5, 5.41) is 4.00. The predicted octanol–water partition coefficient (Wildman–Crippen LogP) is 3.54. The highest BCUT2D eigenvalue weighted by atomic mass is 35.5. The lowest BCUT2D eigenvalue weighted by Gasteiger charge is -2.23. The van der Waals surface area contributed by atoms with E-state index in [2.05, 4.69) is 43.2 Å². The maximum atomic E-state index is 6.08. The van der Waals surface area contributed by atoms with Crippen LogP contribution in [0.3, 0.4) is 0 Å². The van der Waals surface area contributed by atoms with E-state index in [4.69, 9.17) is 11.6 Å². The van der Waals surface area contributed by atoms with Crippen molar-refractivity contribution in [1.29, 1.82) is 0 Å². The van der Waals surface area contributed by atoms with E-state index in [0.717, 1.165) is 24.0 Å². The molecule has 1 N–H and O–H groups in total. The first-order valence-corrected chi connectivity index (χ1v) is 6.56. The second-order valence-corrected chi connectivity index (χ2v) is 5.34. The largest absolute Gasteiger partial charge is 0.374 e. The molecule has 96 valence electrons. The van der Waals surface area contributed by atoms with Crippen LogP contribution in [-0.2, 0) is 6.54 Å². The molecule has 0 aliphatic rings. The van der Waals surface area contributed by atoms with E-state index in [1.807, 2.05) is 13.1 Å². The summed E-state index contributed by atoms with van der Waals surface area (Å²) in [4.78, 5) is 2.29. The Balaban J connectivity index is 2.81. The molecule has 1 rings (SSSR count). The summed E-state index contributed by atoms with van der Waals surface area (Å²) in [5.74, 6) is 0.726. The Hall–Kier alpha value is -0.730. The molecule has 0 radical (unpaired) electrons. The van der Waals surface area contributed by atoms with Gasteiger partial charge in [0, 0.05) is 30.8 Å². The van der Waals surface area contributed by atoms with Gasteiger partial charge in [-0.25, -0.2) is 0 Å². The normalized spacial score (nSPS) is 10.9. The van der Waals surface area contributed by atoms with Gasteiger partial charge in [0.15, 0.2) is 0 Å². The fraction of sp³-hybridized carbons (Fsp3) is 0.571. The van der Waals surface area contributed by atoms with Crippen LogP contribution >= 0.6 is 11.6 Å². The van der Waals surface area contributed by atoms with Crippen molar-refractivity contribution in [1.82, 2.24) is 5.32 Å². The highest BCUT2D eigenvalue weighted by molar-refractivity contribution is 6.30. The predicted molar refractivity (Wildman–Crippen MR) is 76.9 cm³/mol. The monoisotopic (exact) mass is 254 g/mol. The summed E-state index contributed by atoms with van der Waals surface area (Å²) >= 11 is 6.08. The van der Waals surface area contributed by atoms with Crippen LogP contribution in [0.25, 0.3) is 0 Å². The van der Waals surface area contributed by atoms with Crippen LogP contribution in [0.2, 0.25) is 5.02 Å². The highest BCUT2D eigenvalue weighted by Crippen LogP contribution is 2.24. The minimum absolute atomic E-state index is 0.726. The Morgan fingerprint density at radius 2 is 2.06 bits per heavy atom. The van der Waals surface area contributed by atoms with Gasteiger partial charge in [0.05, 0.1) is 0 Å². The zero-order valence-corrected chi connectivity index (χ0v) is 12.0. The van der Waals surface area contributed by atoms with Gasteiger partial charge in [-0.15, -0.1) is 0 Å². The van der Waals surface area contributed by atoms with Crippen molar-refractivity contribution in [3.63, 3.8) is 0 Å². The Labute approximate surface area is 110 Å². The number of nitrogens with one attached hydrogen (secondary N) is 1. The molecule has 0 atom stereocenters. The quantitative estimate of drug-likeness (QED) is 0.835. The Kier molecular flexibility index (Phi) is 5.79. The number of nitrogens with zero attached hydrogens (tertiary/aromatic N) is 1. The molecule has 0 bridgehead atoms. The van der Waals surface area contributed by atoms with Crippen molar-refractivity contribution in [2.45, 2.75) is 26.8 Å². The molecule has 0 aliphatic carbocycles. The van der Waals surface area contributed by atoms with Gasteiger partial charge in [0.1, 0.15) is 0 Å². The van der Waals surface area contributed by atoms with Gasteiger partial charge in [-0.2, -0.15) is 0 Å². The van der Waals surface area contributed by atoms with Gasteiger partial charge in [-0.1, -0.05) is 31.5 Å². The van der Waals surface area contributed by atoms with Crippen molar-refractivity contribution in [2.75, 3.05) is 25.5 Å². The number of rotatable bonds is 6. The van der Waals surface area contributed by atoms with Crippen molar-refractivity contribution < 1.29 is 0 Å². The van der Waals surface area contributed by atoms with Crippen LogP contribution in [0, 0.1) is 5.92 Å². The smallest absolute Gasteiger partial charge is 0.0426 e. The molecule has 0 spiro atoms. The number of hydrogen-bond donors (Lipinski definition) is 1. The maximum absolute atomic E-state index is 6.08. The minimum Gasteiger partial charge on any atom is -0.374 e. The summed E-state index contributed by atoms with van der Waals surface area (Å²) in [6.45, 7) is 6.44. The van der Waals surface area contributed by atoms with E-state index in [1.165, 1.54) is 17.7 Å². The lowest BCUT2D eigenvalue weighted by atomic mass is 10.1. The minimum atomic E-state index is 0.726. The molecule has 0 heterocycles. The second-order valence-electron chi connectivity index (χ2n) is 4.91. The number of benzene rings is 1. The molecule has 17 heavy (non-hydrogen) atoms. The summed E-state index contributed by atoms with van der Waals surface area (Å²) in [6, 6.07) is 6.10. The SMILES string of the molecule is CNCc1ccc(Cl)cc1N(C)CCC(C)C. The summed E-state index contributed by atoms with van der Waals surface area (Å²) < 4.78 is 0. The van der Waals surface area contributed by atoms with Crippen molar-refractivity contribution in [3.05, 3.63) is 28.8 Å². The van der Waals surface area contributed by atoms with Gasteiger partial charge in [0.25, 0.3) is 0 Å². The molecule has 2 nitrogen and oxygen atoms in total. The average Bonchev–Trinajstić information content (AvgIpc) is 2.28. The van der Waals surface area contributed by atoms with E-state index in [9.17, 15) is 0 Å². The van der Waals surface area contributed by atoms with E-state index in [-0.39, 0.29) is 0 Å². The van der Waals surface area contributed by atoms with Crippen LogP contribution in [0.1, 0.15) is 25.8 Å². The fourth-order valence-electron chi connectivity index (χ4n) is 1.80. The first kappa shape index (κ1) is 14.3. The van der Waals surface area contributed by atoms with Gasteiger partial charge in [-0.3, -0.25) is 0 Å². The van der Waals surface area contributed by atoms with Crippen molar-refractivity contribution >= 4 is 17.3 Å². The molecule has 3 heteroatoms. The van der Waals surface area contributed by atoms with E-state index < -0.39 is 0 Å². The lowest BCUT2D eigenvalue weighted by molar-refractivity contribution is 0.584. The third kappa shape index (κ3) is 4.57. The van der Waals surface area contributed by atoms with Crippen molar-refractivity contribution in [3.8, 4) is 0 Å². The van der Waals surface area contributed by atoms with Crippen molar-refractivity contribution in [2.24, 2.45) is 5.92 Å². The molecule has 1 aromatic rings.